The lowest BCUT2D eigenvalue weighted by Crippen LogP contribution is -2.68. The van der Waals surface area contributed by atoms with Crippen LogP contribution >= 0.6 is 0 Å². The number of carbonyl (C=O) groups is 1. The minimum absolute atomic E-state index is 0.0130. The van der Waals surface area contributed by atoms with Gasteiger partial charge in [-0.15, -0.1) is 6.58 Å². The van der Waals surface area contributed by atoms with Crippen molar-refractivity contribution in [1.82, 2.24) is 5.32 Å². The first-order valence-corrected chi connectivity index (χ1v) is 9.10. The Labute approximate surface area is 166 Å². The third-order valence-corrected chi connectivity index (χ3v) is 4.71. The van der Waals surface area contributed by atoms with Crippen molar-refractivity contribution in [3.05, 3.63) is 12.7 Å². The van der Waals surface area contributed by atoms with Crippen LogP contribution in [0.5, 0.6) is 0 Å². The van der Waals surface area contributed by atoms with Crippen molar-refractivity contribution in [2.45, 2.75) is 68.3 Å². The summed E-state index contributed by atoms with van der Waals surface area (Å²) in [5.74, 6) is -0.517. The first-order valence-electron chi connectivity index (χ1n) is 9.10. The van der Waals surface area contributed by atoms with Gasteiger partial charge in [0.1, 0.15) is 55.4 Å². The summed E-state index contributed by atoms with van der Waals surface area (Å²) in [4.78, 5) is 11.7. The maximum Gasteiger partial charge on any atom is 0.217 e. The third kappa shape index (κ3) is 5.48. The molecule has 0 saturated carbocycles. The van der Waals surface area contributed by atoms with Gasteiger partial charge in [-0.05, 0) is 0 Å². The molecule has 12 heteroatoms. The van der Waals surface area contributed by atoms with Crippen LogP contribution in [0.1, 0.15) is 6.92 Å². The van der Waals surface area contributed by atoms with Crippen LogP contribution in [-0.2, 0) is 23.7 Å². The number of ether oxygens (including phenoxy) is 4. The molecule has 2 aliphatic heterocycles. The SMILES string of the molecule is C=CCO[C@H]1O[C@H](CO)[C@H](O)[C@H](O[C@@H]2O[C@H](CF)[C@H](O)[C@H](O)[C@H]2O)[C@H]1NC(C)=O. The van der Waals surface area contributed by atoms with Gasteiger partial charge >= 0.3 is 0 Å². The van der Waals surface area contributed by atoms with E-state index >= 15 is 0 Å². The molecule has 29 heavy (non-hydrogen) atoms. The van der Waals surface area contributed by atoms with Gasteiger partial charge in [0.05, 0.1) is 13.2 Å². The van der Waals surface area contributed by atoms with E-state index in [1.165, 1.54) is 13.0 Å². The molecule has 0 aromatic carbocycles. The van der Waals surface area contributed by atoms with Crippen LogP contribution in [-0.4, -0.2) is 113 Å². The Morgan fingerprint density at radius 1 is 1.10 bits per heavy atom. The van der Waals surface area contributed by atoms with Gasteiger partial charge < -0.3 is 49.8 Å². The van der Waals surface area contributed by atoms with Crippen LogP contribution in [0.25, 0.3) is 0 Å². The second-order valence-corrected chi connectivity index (χ2v) is 6.83. The lowest BCUT2D eigenvalue weighted by molar-refractivity contribution is -0.342. The molecular weight excluding hydrogens is 397 g/mol. The van der Waals surface area contributed by atoms with Crippen LogP contribution in [0, 0.1) is 0 Å². The predicted molar refractivity (Wildman–Crippen MR) is 93.0 cm³/mol. The number of aliphatic hydroxyl groups is 5. The zero-order valence-electron chi connectivity index (χ0n) is 15.8. The normalized spacial score (nSPS) is 43.0. The van der Waals surface area contributed by atoms with Crippen molar-refractivity contribution in [3.63, 3.8) is 0 Å². The molecule has 10 atom stereocenters. The molecule has 2 aliphatic rings. The number of alkyl halides is 1. The first-order chi connectivity index (χ1) is 13.7. The highest BCUT2D eigenvalue weighted by Crippen LogP contribution is 2.29. The van der Waals surface area contributed by atoms with E-state index in [0.717, 1.165) is 0 Å². The molecule has 0 aliphatic carbocycles. The summed E-state index contributed by atoms with van der Waals surface area (Å²) in [6, 6.07) is -1.12. The Hall–Kier alpha value is -1.22. The number of hydrogen-bond donors (Lipinski definition) is 6. The van der Waals surface area contributed by atoms with Crippen molar-refractivity contribution in [3.8, 4) is 0 Å². The molecular formula is C17H28FNO10. The van der Waals surface area contributed by atoms with Crippen molar-refractivity contribution in [2.24, 2.45) is 0 Å². The predicted octanol–water partition coefficient (Wildman–Crippen LogP) is -3.07. The van der Waals surface area contributed by atoms with Gasteiger partial charge in [0.25, 0.3) is 0 Å². The molecule has 2 fully saturated rings. The summed E-state index contributed by atoms with van der Waals surface area (Å²) >= 11 is 0. The zero-order valence-corrected chi connectivity index (χ0v) is 15.8. The van der Waals surface area contributed by atoms with Crippen LogP contribution in [0.15, 0.2) is 12.7 Å². The largest absolute Gasteiger partial charge is 0.394 e. The lowest BCUT2D eigenvalue weighted by atomic mass is 9.95. The van der Waals surface area contributed by atoms with Gasteiger partial charge in [-0.1, -0.05) is 6.08 Å². The quantitative estimate of drug-likeness (QED) is 0.220. The molecule has 0 bridgehead atoms. The summed E-state index contributed by atoms with van der Waals surface area (Å²) in [6.07, 6.45) is -12.1. The van der Waals surface area contributed by atoms with E-state index in [9.17, 15) is 34.7 Å². The molecule has 2 rings (SSSR count). The lowest BCUT2D eigenvalue weighted by Gasteiger charge is -2.47. The Balaban J connectivity index is 2.27. The number of halogens is 1. The minimum atomic E-state index is -1.78. The molecule has 11 nitrogen and oxygen atoms in total. The van der Waals surface area contributed by atoms with Gasteiger partial charge in [-0.2, -0.15) is 0 Å². The number of carbonyl (C=O) groups excluding carboxylic acids is 1. The maximum absolute atomic E-state index is 13.1. The van der Waals surface area contributed by atoms with Crippen LogP contribution in [0.2, 0.25) is 0 Å². The number of amides is 1. The highest BCUT2D eigenvalue weighted by atomic mass is 19.1. The monoisotopic (exact) mass is 425 g/mol. The van der Waals surface area contributed by atoms with E-state index < -0.39 is 80.5 Å². The fourth-order valence-corrected chi connectivity index (χ4v) is 3.23. The minimum Gasteiger partial charge on any atom is -0.394 e. The van der Waals surface area contributed by atoms with Crippen molar-refractivity contribution >= 4 is 5.91 Å². The molecule has 1 amide bonds. The smallest absolute Gasteiger partial charge is 0.217 e. The van der Waals surface area contributed by atoms with E-state index in [4.69, 9.17) is 18.9 Å². The highest BCUT2D eigenvalue weighted by molar-refractivity contribution is 5.73. The van der Waals surface area contributed by atoms with Gasteiger partial charge in [0, 0.05) is 6.92 Å². The second kappa shape index (κ2) is 10.7. The topological polar surface area (TPSA) is 167 Å². The van der Waals surface area contributed by atoms with Crippen LogP contribution < -0.4 is 5.32 Å². The van der Waals surface area contributed by atoms with E-state index in [1.807, 2.05) is 0 Å². The van der Waals surface area contributed by atoms with Gasteiger partial charge in [0.15, 0.2) is 12.6 Å². The molecule has 0 unspecified atom stereocenters. The molecule has 0 spiro atoms. The van der Waals surface area contributed by atoms with Gasteiger partial charge in [-0.3, -0.25) is 4.79 Å². The summed E-state index contributed by atoms with van der Waals surface area (Å²) in [5, 5.41) is 52.4. The Kier molecular flexibility index (Phi) is 8.88. The van der Waals surface area contributed by atoms with Crippen molar-refractivity contribution < 1.29 is 53.7 Å². The number of aliphatic hydroxyl groups excluding tert-OH is 5. The molecule has 0 aromatic rings. The zero-order chi connectivity index (χ0) is 21.7. The summed E-state index contributed by atoms with van der Waals surface area (Å²) in [6.45, 7) is 2.93. The van der Waals surface area contributed by atoms with E-state index in [1.54, 1.807) is 0 Å². The average molecular weight is 425 g/mol. The maximum atomic E-state index is 13.1. The fraction of sp³-hybridized carbons (Fsp3) is 0.824. The molecule has 0 radical (unpaired) electrons. The molecule has 168 valence electrons. The van der Waals surface area contributed by atoms with E-state index in [2.05, 4.69) is 11.9 Å². The van der Waals surface area contributed by atoms with Gasteiger partial charge in [0.2, 0.25) is 5.91 Å². The molecule has 0 aromatic heterocycles. The number of nitrogens with one attached hydrogen (secondary N) is 1. The second-order valence-electron chi connectivity index (χ2n) is 6.83. The summed E-state index contributed by atoms with van der Waals surface area (Å²) in [7, 11) is 0. The van der Waals surface area contributed by atoms with Crippen molar-refractivity contribution in [1.29, 1.82) is 0 Å². The van der Waals surface area contributed by atoms with Gasteiger partial charge in [-0.25, -0.2) is 4.39 Å². The first kappa shape index (κ1) is 24.1. The number of rotatable bonds is 8. The van der Waals surface area contributed by atoms with E-state index in [-0.39, 0.29) is 6.61 Å². The Morgan fingerprint density at radius 2 is 1.76 bits per heavy atom. The molecule has 2 heterocycles. The molecule has 6 N–H and O–H groups in total. The van der Waals surface area contributed by atoms with Crippen molar-refractivity contribution in [2.75, 3.05) is 19.9 Å². The summed E-state index contributed by atoms with van der Waals surface area (Å²) < 4.78 is 34.8. The molecule has 2 saturated heterocycles. The van der Waals surface area contributed by atoms with Crippen LogP contribution in [0.3, 0.4) is 0 Å². The van der Waals surface area contributed by atoms with E-state index in [0.29, 0.717) is 0 Å². The Morgan fingerprint density at radius 3 is 2.31 bits per heavy atom. The van der Waals surface area contributed by atoms with Crippen LogP contribution in [0.4, 0.5) is 4.39 Å². The fourth-order valence-electron chi connectivity index (χ4n) is 3.23. The highest BCUT2D eigenvalue weighted by Gasteiger charge is 2.51. The summed E-state index contributed by atoms with van der Waals surface area (Å²) in [5.41, 5.74) is 0. The standard InChI is InChI=1S/C17H28FNO10/c1-3-4-26-16-10(19-7(2)21)15(12(23)9(6-20)28-16)29-17-14(25)13(24)11(22)8(5-18)27-17/h3,8-17,20,22-25H,1,4-6H2,2H3,(H,19,21)/t8-,9-,10-,11+,12+,13+,14-,15-,16+,17+/m1/s1. The average Bonchev–Trinajstić information content (AvgIpc) is 2.69. The Bertz CT molecular complexity index is 552. The number of hydrogen-bond acceptors (Lipinski definition) is 10. The third-order valence-electron chi connectivity index (χ3n) is 4.71.